The van der Waals surface area contributed by atoms with E-state index in [1.807, 2.05) is 6.92 Å². The van der Waals surface area contributed by atoms with E-state index in [4.69, 9.17) is 0 Å². The minimum atomic E-state index is -0.381. The van der Waals surface area contributed by atoms with Crippen molar-refractivity contribution in [2.45, 2.75) is 13.5 Å². The molecule has 3 nitrogen and oxygen atoms in total. The zero-order valence-corrected chi connectivity index (χ0v) is 11.9. The van der Waals surface area contributed by atoms with Crippen molar-refractivity contribution in [3.63, 3.8) is 0 Å². The third-order valence-corrected chi connectivity index (χ3v) is 3.81. The molecule has 1 aromatic carbocycles. The van der Waals surface area contributed by atoms with Gasteiger partial charge in [-0.15, -0.1) is 11.3 Å². The molecule has 1 aromatic heterocycles. The molecule has 18 heavy (non-hydrogen) atoms. The second-order valence-corrected chi connectivity index (χ2v) is 5.85. The Kier molecular flexibility index (Phi) is 4.08. The van der Waals surface area contributed by atoms with Crippen molar-refractivity contribution in [1.29, 1.82) is 0 Å². The Hall–Kier alpha value is -1.27. The maximum atomic E-state index is 12.9. The van der Waals surface area contributed by atoms with Crippen molar-refractivity contribution in [3.8, 4) is 0 Å². The van der Waals surface area contributed by atoms with Gasteiger partial charge in [0.2, 0.25) is 0 Å². The third kappa shape index (κ3) is 3.14. The molecule has 94 valence electrons. The first-order valence-electron chi connectivity index (χ1n) is 5.21. The molecule has 0 aliphatic rings. The van der Waals surface area contributed by atoms with Gasteiger partial charge in [-0.2, -0.15) is 0 Å². The SMILES string of the molecule is Cc1cnc(CNC(=O)c2ccc(F)cc2Br)s1. The predicted octanol–water partition coefficient (Wildman–Crippen LogP) is 3.28. The average molecular weight is 329 g/mol. The Morgan fingerprint density at radius 3 is 2.94 bits per heavy atom. The summed E-state index contributed by atoms with van der Waals surface area (Å²) in [7, 11) is 0. The minimum absolute atomic E-state index is 0.255. The molecule has 6 heteroatoms. The molecular weight excluding hydrogens is 319 g/mol. The van der Waals surface area contributed by atoms with Crippen LogP contribution in [0.3, 0.4) is 0 Å². The van der Waals surface area contributed by atoms with Gasteiger partial charge in [0.15, 0.2) is 0 Å². The molecular formula is C12H10BrFN2OS. The number of aryl methyl sites for hydroxylation is 1. The quantitative estimate of drug-likeness (QED) is 0.939. The van der Waals surface area contributed by atoms with Gasteiger partial charge in [0.25, 0.3) is 5.91 Å². The van der Waals surface area contributed by atoms with Crippen LogP contribution in [0.2, 0.25) is 0 Å². The highest BCUT2D eigenvalue weighted by atomic mass is 79.9. The zero-order valence-electron chi connectivity index (χ0n) is 9.54. The Morgan fingerprint density at radius 1 is 1.56 bits per heavy atom. The summed E-state index contributed by atoms with van der Waals surface area (Å²) in [5.74, 6) is -0.635. The molecule has 0 aliphatic carbocycles. The highest BCUT2D eigenvalue weighted by molar-refractivity contribution is 9.10. The topological polar surface area (TPSA) is 42.0 Å². The fourth-order valence-electron chi connectivity index (χ4n) is 1.41. The molecule has 0 fully saturated rings. The van der Waals surface area contributed by atoms with E-state index < -0.39 is 0 Å². The number of thiazole rings is 1. The number of carbonyl (C=O) groups is 1. The van der Waals surface area contributed by atoms with Crippen LogP contribution in [0.5, 0.6) is 0 Å². The fourth-order valence-corrected chi connectivity index (χ4v) is 2.67. The molecule has 0 bridgehead atoms. The van der Waals surface area contributed by atoms with Gasteiger partial charge < -0.3 is 5.32 Å². The highest BCUT2D eigenvalue weighted by Gasteiger charge is 2.11. The zero-order chi connectivity index (χ0) is 13.1. The number of aromatic nitrogens is 1. The van der Waals surface area contributed by atoms with Gasteiger partial charge in [0.1, 0.15) is 10.8 Å². The lowest BCUT2D eigenvalue weighted by Crippen LogP contribution is -2.23. The summed E-state index contributed by atoms with van der Waals surface area (Å²) >= 11 is 4.70. The summed E-state index contributed by atoms with van der Waals surface area (Å²) in [5.41, 5.74) is 0.407. The molecule has 0 unspecified atom stereocenters. The number of amides is 1. The molecule has 2 aromatic rings. The van der Waals surface area contributed by atoms with Crippen LogP contribution in [0.1, 0.15) is 20.2 Å². The van der Waals surface area contributed by atoms with Crippen molar-refractivity contribution in [1.82, 2.24) is 10.3 Å². The second-order valence-electron chi connectivity index (χ2n) is 3.67. The van der Waals surface area contributed by atoms with Crippen LogP contribution in [-0.2, 0) is 6.54 Å². The van der Waals surface area contributed by atoms with Crippen LogP contribution in [0.4, 0.5) is 4.39 Å². The molecule has 0 atom stereocenters. The maximum Gasteiger partial charge on any atom is 0.252 e. The lowest BCUT2D eigenvalue weighted by molar-refractivity contribution is 0.0950. The van der Waals surface area contributed by atoms with Crippen molar-refractivity contribution >= 4 is 33.2 Å². The van der Waals surface area contributed by atoms with E-state index in [1.165, 1.54) is 29.5 Å². The lowest BCUT2D eigenvalue weighted by atomic mass is 10.2. The van der Waals surface area contributed by atoms with Crippen LogP contribution >= 0.6 is 27.3 Å². The number of hydrogen-bond acceptors (Lipinski definition) is 3. The number of nitrogens with one attached hydrogen (secondary N) is 1. The normalized spacial score (nSPS) is 10.4. The molecule has 1 amide bonds. The van der Waals surface area contributed by atoms with E-state index in [1.54, 1.807) is 6.20 Å². The summed E-state index contributed by atoms with van der Waals surface area (Å²) in [6.07, 6.45) is 1.76. The van der Waals surface area contributed by atoms with E-state index in [-0.39, 0.29) is 11.7 Å². The Balaban J connectivity index is 2.03. The molecule has 1 heterocycles. The first-order chi connectivity index (χ1) is 8.56. The predicted molar refractivity (Wildman–Crippen MR) is 72.1 cm³/mol. The van der Waals surface area contributed by atoms with E-state index in [2.05, 4.69) is 26.2 Å². The van der Waals surface area contributed by atoms with Gasteiger partial charge in [-0.05, 0) is 41.1 Å². The van der Waals surface area contributed by atoms with Gasteiger partial charge in [0.05, 0.1) is 12.1 Å². The number of nitrogens with zero attached hydrogens (tertiary/aromatic N) is 1. The van der Waals surface area contributed by atoms with E-state index in [0.717, 1.165) is 9.88 Å². The number of carbonyl (C=O) groups excluding carboxylic acids is 1. The van der Waals surface area contributed by atoms with Crippen LogP contribution in [0.25, 0.3) is 0 Å². The van der Waals surface area contributed by atoms with E-state index in [9.17, 15) is 9.18 Å². The number of hydrogen-bond donors (Lipinski definition) is 1. The van der Waals surface area contributed by atoms with Gasteiger partial charge in [-0.25, -0.2) is 9.37 Å². The first-order valence-corrected chi connectivity index (χ1v) is 6.82. The van der Waals surface area contributed by atoms with Crippen molar-refractivity contribution in [3.05, 3.63) is 50.1 Å². The second kappa shape index (κ2) is 5.58. The van der Waals surface area contributed by atoms with Crippen LogP contribution in [0.15, 0.2) is 28.9 Å². The standard InChI is InChI=1S/C12H10BrFN2OS/c1-7-5-15-11(18-7)6-16-12(17)9-3-2-8(14)4-10(9)13/h2-5H,6H2,1H3,(H,16,17). The average Bonchev–Trinajstić information content (AvgIpc) is 2.72. The fraction of sp³-hybridized carbons (Fsp3) is 0.167. The smallest absolute Gasteiger partial charge is 0.252 e. The summed E-state index contributed by atoms with van der Waals surface area (Å²) in [4.78, 5) is 17.1. The van der Waals surface area contributed by atoms with Gasteiger partial charge in [0, 0.05) is 15.5 Å². The van der Waals surface area contributed by atoms with Gasteiger partial charge in [-0.3, -0.25) is 4.79 Å². The van der Waals surface area contributed by atoms with Crippen molar-refractivity contribution in [2.24, 2.45) is 0 Å². The molecule has 0 aliphatic heterocycles. The van der Waals surface area contributed by atoms with Crippen LogP contribution in [0, 0.1) is 12.7 Å². The first kappa shape index (κ1) is 13.2. The number of halogens is 2. The molecule has 2 rings (SSSR count). The molecule has 0 spiro atoms. The summed E-state index contributed by atoms with van der Waals surface area (Å²) < 4.78 is 13.3. The maximum absolute atomic E-state index is 12.9. The minimum Gasteiger partial charge on any atom is -0.345 e. The third-order valence-electron chi connectivity index (χ3n) is 2.25. The van der Waals surface area contributed by atoms with E-state index in [0.29, 0.717) is 16.6 Å². The number of rotatable bonds is 3. The van der Waals surface area contributed by atoms with Crippen molar-refractivity contribution in [2.75, 3.05) is 0 Å². The monoisotopic (exact) mass is 328 g/mol. The van der Waals surface area contributed by atoms with Crippen molar-refractivity contribution < 1.29 is 9.18 Å². The summed E-state index contributed by atoms with van der Waals surface area (Å²) in [6.45, 7) is 2.33. The van der Waals surface area contributed by atoms with Gasteiger partial charge in [-0.1, -0.05) is 0 Å². The Morgan fingerprint density at radius 2 is 2.33 bits per heavy atom. The summed E-state index contributed by atoms with van der Waals surface area (Å²) in [6, 6.07) is 3.97. The van der Waals surface area contributed by atoms with Crippen LogP contribution < -0.4 is 5.32 Å². The largest absolute Gasteiger partial charge is 0.345 e. The highest BCUT2D eigenvalue weighted by Crippen LogP contribution is 2.18. The van der Waals surface area contributed by atoms with Crippen LogP contribution in [-0.4, -0.2) is 10.9 Å². The molecule has 0 saturated carbocycles. The molecule has 0 radical (unpaired) electrons. The summed E-state index contributed by atoms with van der Waals surface area (Å²) in [5, 5.41) is 3.59. The molecule has 1 N–H and O–H groups in total. The number of benzene rings is 1. The lowest BCUT2D eigenvalue weighted by Gasteiger charge is -2.05. The Labute approximate surface area is 116 Å². The molecule has 0 saturated heterocycles. The van der Waals surface area contributed by atoms with Gasteiger partial charge >= 0.3 is 0 Å². The van der Waals surface area contributed by atoms with E-state index >= 15 is 0 Å². The Bertz CT molecular complexity index is 585.